The van der Waals surface area contributed by atoms with Crippen LogP contribution in [0.4, 0.5) is 0 Å². The number of fused-ring (bicyclic) bond motifs is 3. The summed E-state index contributed by atoms with van der Waals surface area (Å²) >= 11 is 1.61. The fourth-order valence-electron chi connectivity index (χ4n) is 8.55. The highest BCUT2D eigenvalue weighted by Crippen LogP contribution is 2.44. The Hall–Kier alpha value is -2.53. The molecule has 2 unspecified atom stereocenters. The van der Waals surface area contributed by atoms with Crippen molar-refractivity contribution >= 4 is 43.1 Å². The van der Waals surface area contributed by atoms with Gasteiger partial charge < -0.3 is 9.88 Å². The number of thiophene rings is 1. The lowest BCUT2D eigenvalue weighted by molar-refractivity contribution is -0.137. The van der Waals surface area contributed by atoms with Crippen molar-refractivity contribution in [2.24, 2.45) is 0 Å². The highest BCUT2D eigenvalue weighted by Gasteiger charge is 2.47. The Balaban J connectivity index is 1.18. The number of hydrogen-bond acceptors (Lipinski definition) is 7. The monoisotopic (exact) mass is 650 g/mol. The van der Waals surface area contributed by atoms with Gasteiger partial charge in [-0.05, 0) is 97.0 Å². The lowest BCUT2D eigenvalue weighted by Crippen LogP contribution is -2.45. The van der Waals surface area contributed by atoms with E-state index in [9.17, 15) is 18.0 Å². The Labute approximate surface area is 271 Å². The minimum Gasteiger partial charge on any atom is -0.346 e. The third kappa shape index (κ3) is 5.59. The molecule has 0 aliphatic carbocycles. The minimum absolute atomic E-state index is 0.0576. The smallest absolute Gasteiger partial charge is 0.233 e. The molecule has 4 fully saturated rings. The quantitative estimate of drug-likeness (QED) is 0.332. The van der Waals surface area contributed by atoms with Gasteiger partial charge in [0, 0.05) is 47.5 Å². The fourth-order valence-corrected chi connectivity index (χ4v) is 11.5. The topological polar surface area (TPSA) is 93.8 Å². The molecule has 45 heavy (non-hydrogen) atoms. The SMILES string of the molecule is Cc1cc(C)cc(-c2[nH]c3sc(C(C)(C)C(=O)N4C5CCC4CC5)cc3c2C(=O)CN2CCC(N(C)C3CCS(=O)(=O)C3)C2)c1. The van der Waals surface area contributed by atoms with E-state index in [1.807, 2.05) is 20.9 Å². The second-order valence-electron chi connectivity index (χ2n) is 14.7. The maximum absolute atomic E-state index is 14.3. The van der Waals surface area contributed by atoms with Crippen LogP contribution in [0.15, 0.2) is 24.3 Å². The van der Waals surface area contributed by atoms with Crippen LogP contribution in [0, 0.1) is 13.8 Å². The highest BCUT2D eigenvalue weighted by molar-refractivity contribution is 7.91. The first-order valence-corrected chi connectivity index (χ1v) is 19.2. The van der Waals surface area contributed by atoms with Gasteiger partial charge in [0.25, 0.3) is 0 Å². The van der Waals surface area contributed by atoms with Crippen molar-refractivity contribution in [2.45, 2.75) is 95.8 Å². The lowest BCUT2D eigenvalue weighted by Gasteiger charge is -2.31. The summed E-state index contributed by atoms with van der Waals surface area (Å²) in [7, 11) is -0.907. The van der Waals surface area contributed by atoms with Crippen LogP contribution in [0.5, 0.6) is 0 Å². The number of hydrogen-bond donors (Lipinski definition) is 1. The summed E-state index contributed by atoms with van der Waals surface area (Å²) in [5.74, 6) is 0.790. The van der Waals surface area contributed by atoms with Gasteiger partial charge in [-0.3, -0.25) is 19.4 Å². The van der Waals surface area contributed by atoms with E-state index in [1.54, 1.807) is 11.3 Å². The first-order chi connectivity index (χ1) is 21.3. The van der Waals surface area contributed by atoms with Gasteiger partial charge in [0.05, 0.1) is 34.7 Å². The normalized spacial score (nSPS) is 26.6. The number of amides is 1. The van der Waals surface area contributed by atoms with E-state index in [0.717, 1.165) is 82.7 Å². The van der Waals surface area contributed by atoms with E-state index in [1.165, 1.54) is 0 Å². The number of aromatic nitrogens is 1. The summed E-state index contributed by atoms with van der Waals surface area (Å²) in [6.07, 6.45) is 6.06. The minimum atomic E-state index is -2.95. The van der Waals surface area contributed by atoms with Crippen molar-refractivity contribution in [3.05, 3.63) is 45.8 Å². The van der Waals surface area contributed by atoms with Gasteiger partial charge >= 0.3 is 0 Å². The molecular weight excluding hydrogens is 605 g/mol. The molecule has 1 amide bonds. The maximum Gasteiger partial charge on any atom is 0.233 e. The zero-order chi connectivity index (χ0) is 31.8. The van der Waals surface area contributed by atoms with Gasteiger partial charge in [0.2, 0.25) is 5.91 Å². The van der Waals surface area contributed by atoms with E-state index in [-0.39, 0.29) is 35.3 Å². The van der Waals surface area contributed by atoms with Gasteiger partial charge in [0.1, 0.15) is 4.83 Å². The van der Waals surface area contributed by atoms with Crippen molar-refractivity contribution in [3.63, 3.8) is 0 Å². The van der Waals surface area contributed by atoms with Crippen LogP contribution < -0.4 is 0 Å². The number of nitrogens with one attached hydrogen (secondary N) is 1. The van der Waals surface area contributed by atoms with Gasteiger partial charge in [-0.25, -0.2) is 8.42 Å². The zero-order valence-corrected chi connectivity index (χ0v) is 28.8. The first kappa shape index (κ1) is 31.1. The molecule has 4 aliphatic heterocycles. The van der Waals surface area contributed by atoms with Crippen LogP contribution in [-0.2, 0) is 20.0 Å². The predicted molar refractivity (Wildman–Crippen MR) is 181 cm³/mol. The molecule has 7 rings (SSSR count). The zero-order valence-electron chi connectivity index (χ0n) is 27.2. The third-order valence-electron chi connectivity index (χ3n) is 11.1. The highest BCUT2D eigenvalue weighted by atomic mass is 32.2. The van der Waals surface area contributed by atoms with Crippen LogP contribution in [0.3, 0.4) is 0 Å². The molecule has 1 N–H and O–H groups in total. The summed E-state index contributed by atoms with van der Waals surface area (Å²) in [6, 6.07) is 9.56. The standard InChI is InChI=1S/C35H46N4O4S2/c1-21-14-22(2)16-23(15-21)32-31(29(40)19-38-12-10-26(18-38)37(5)27-11-13-45(42,43)20-27)28-17-30(44-33(28)36-32)35(3,4)34(41)39-24-6-7-25(39)9-8-24/h14-17,24-27,36H,6-13,18-20H2,1-5H3. The van der Waals surface area contributed by atoms with Crippen molar-refractivity contribution in [1.82, 2.24) is 19.7 Å². The molecule has 3 aromatic rings. The summed E-state index contributed by atoms with van der Waals surface area (Å²) in [6.45, 7) is 10.1. The second kappa shape index (κ2) is 11.3. The van der Waals surface area contributed by atoms with E-state index in [4.69, 9.17) is 0 Å². The Morgan fingerprint density at radius 1 is 0.978 bits per heavy atom. The predicted octanol–water partition coefficient (Wildman–Crippen LogP) is 5.32. The number of carbonyl (C=O) groups is 2. The van der Waals surface area contributed by atoms with Crippen LogP contribution in [0.1, 0.15) is 78.7 Å². The lowest BCUT2D eigenvalue weighted by atomic mass is 9.88. The van der Waals surface area contributed by atoms with E-state index >= 15 is 0 Å². The Kier molecular flexibility index (Phi) is 7.82. The average molecular weight is 651 g/mol. The van der Waals surface area contributed by atoms with E-state index in [0.29, 0.717) is 30.6 Å². The van der Waals surface area contributed by atoms with Gasteiger partial charge in [-0.2, -0.15) is 0 Å². The second-order valence-corrected chi connectivity index (χ2v) is 18.0. The molecule has 6 heterocycles. The molecular formula is C35H46N4O4S2. The molecule has 0 saturated carbocycles. The molecule has 4 aliphatic rings. The summed E-state index contributed by atoms with van der Waals surface area (Å²) in [5.41, 5.74) is 4.19. The molecule has 242 valence electrons. The fraction of sp³-hybridized carbons (Fsp3) is 0.600. The molecule has 0 radical (unpaired) electrons. The molecule has 4 saturated heterocycles. The van der Waals surface area contributed by atoms with Crippen LogP contribution in [0.25, 0.3) is 21.5 Å². The van der Waals surface area contributed by atoms with Gasteiger partial charge in [-0.1, -0.05) is 17.2 Å². The number of carbonyl (C=O) groups excluding carboxylic acids is 2. The van der Waals surface area contributed by atoms with Crippen molar-refractivity contribution in [3.8, 4) is 11.3 Å². The molecule has 2 aromatic heterocycles. The third-order valence-corrected chi connectivity index (χ3v) is 14.2. The Morgan fingerprint density at radius 3 is 2.27 bits per heavy atom. The number of Topliss-reactive ketones (excluding diaryl/α,β-unsaturated/α-hetero) is 1. The first-order valence-electron chi connectivity index (χ1n) is 16.6. The van der Waals surface area contributed by atoms with Crippen molar-refractivity contribution in [1.29, 1.82) is 0 Å². The summed E-state index contributed by atoms with van der Waals surface area (Å²) < 4.78 is 24.2. The Bertz CT molecular complexity index is 1730. The Morgan fingerprint density at radius 2 is 1.64 bits per heavy atom. The number of rotatable bonds is 8. The number of nitrogens with zero attached hydrogens (tertiary/aromatic N) is 3. The van der Waals surface area contributed by atoms with Crippen LogP contribution in [-0.4, -0.2) is 102 Å². The number of likely N-dealkylation sites (N-methyl/N-ethyl adjacent to an activating group) is 1. The average Bonchev–Trinajstić information content (AvgIpc) is 3.81. The van der Waals surface area contributed by atoms with Crippen molar-refractivity contribution < 1.29 is 18.0 Å². The number of benzene rings is 1. The summed E-state index contributed by atoms with van der Waals surface area (Å²) in [4.78, 5) is 40.5. The number of aromatic amines is 1. The van der Waals surface area contributed by atoms with Gasteiger partial charge in [-0.15, -0.1) is 11.3 Å². The van der Waals surface area contributed by atoms with Crippen LogP contribution in [0.2, 0.25) is 0 Å². The molecule has 8 nitrogen and oxygen atoms in total. The number of likely N-dealkylation sites (tertiary alicyclic amines) is 1. The maximum atomic E-state index is 14.3. The molecule has 2 bridgehead atoms. The number of H-pyrrole nitrogens is 1. The van der Waals surface area contributed by atoms with E-state index in [2.05, 4.69) is 57.8 Å². The van der Waals surface area contributed by atoms with Crippen molar-refractivity contribution in [2.75, 3.05) is 38.2 Å². The largest absolute Gasteiger partial charge is 0.346 e. The van der Waals surface area contributed by atoms with E-state index < -0.39 is 15.3 Å². The molecule has 0 spiro atoms. The number of ketones is 1. The number of aryl methyl sites for hydroxylation is 2. The van der Waals surface area contributed by atoms with Crippen LogP contribution >= 0.6 is 11.3 Å². The number of sulfone groups is 1. The molecule has 1 aromatic carbocycles. The van der Waals surface area contributed by atoms with Gasteiger partial charge in [0.15, 0.2) is 15.6 Å². The summed E-state index contributed by atoms with van der Waals surface area (Å²) in [5, 5.41) is 0.906. The molecule has 2 atom stereocenters. The molecule has 10 heteroatoms.